The molecule has 3 nitrogen and oxygen atoms in total. The molecule has 0 radical (unpaired) electrons. The van der Waals surface area contributed by atoms with E-state index in [9.17, 15) is 4.21 Å². The molecule has 5 heteroatoms. The zero-order chi connectivity index (χ0) is 9.84. The number of nitrogens with one attached hydrogen (secondary N) is 1. The first-order chi connectivity index (χ1) is 6.13. The van der Waals surface area contributed by atoms with Crippen LogP contribution in [0.15, 0.2) is 23.1 Å². The highest BCUT2D eigenvalue weighted by Gasteiger charge is 2.03. The summed E-state index contributed by atoms with van der Waals surface area (Å²) >= 11 is 0.245. The second-order valence-corrected chi connectivity index (χ2v) is 4.79. The van der Waals surface area contributed by atoms with Crippen LogP contribution in [-0.2, 0) is 17.6 Å². The maximum Gasteiger partial charge on any atom is 0.186 e. The van der Waals surface area contributed by atoms with E-state index >= 15 is 0 Å². The van der Waals surface area contributed by atoms with Crippen LogP contribution < -0.4 is 5.32 Å². The molecule has 0 heterocycles. The molecule has 13 heavy (non-hydrogen) atoms. The van der Waals surface area contributed by atoms with Crippen LogP contribution in [-0.4, -0.2) is 15.8 Å². The first-order valence-corrected chi connectivity index (χ1v) is 5.87. The number of benzene rings is 1. The SMILES string of the molecule is CNCc1cc(I)cc(S(=O)O)c1. The van der Waals surface area contributed by atoms with Crippen LogP contribution in [0.2, 0.25) is 0 Å². The Morgan fingerprint density at radius 1 is 1.54 bits per heavy atom. The molecule has 0 spiro atoms. The van der Waals surface area contributed by atoms with Gasteiger partial charge in [-0.25, -0.2) is 4.21 Å². The maximum absolute atomic E-state index is 10.8. The number of hydrogen-bond acceptors (Lipinski definition) is 2. The molecule has 0 bridgehead atoms. The van der Waals surface area contributed by atoms with Crippen molar-refractivity contribution in [3.8, 4) is 0 Å². The summed E-state index contributed by atoms with van der Waals surface area (Å²) < 4.78 is 20.7. The molecule has 1 aromatic rings. The monoisotopic (exact) mass is 311 g/mol. The highest BCUT2D eigenvalue weighted by molar-refractivity contribution is 14.1. The van der Waals surface area contributed by atoms with Gasteiger partial charge in [-0.1, -0.05) is 0 Å². The lowest BCUT2D eigenvalue weighted by atomic mass is 10.2. The molecule has 0 aliphatic heterocycles. The Kier molecular flexibility index (Phi) is 4.30. The summed E-state index contributed by atoms with van der Waals surface area (Å²) in [6, 6.07) is 5.41. The average Bonchev–Trinajstić information content (AvgIpc) is 2.03. The topological polar surface area (TPSA) is 49.3 Å². The summed E-state index contributed by atoms with van der Waals surface area (Å²) in [4.78, 5) is 0.456. The van der Waals surface area contributed by atoms with Crippen molar-refractivity contribution in [1.82, 2.24) is 5.32 Å². The first-order valence-electron chi connectivity index (χ1n) is 3.68. The van der Waals surface area contributed by atoms with Crippen LogP contribution in [0, 0.1) is 3.57 Å². The normalized spacial score (nSPS) is 12.8. The lowest BCUT2D eigenvalue weighted by Gasteiger charge is -2.03. The molecule has 2 N–H and O–H groups in total. The van der Waals surface area contributed by atoms with E-state index in [1.165, 1.54) is 0 Å². The van der Waals surface area contributed by atoms with Gasteiger partial charge < -0.3 is 9.87 Å². The highest BCUT2D eigenvalue weighted by Crippen LogP contribution is 2.14. The molecule has 1 rings (SSSR count). The summed E-state index contributed by atoms with van der Waals surface area (Å²) in [5.41, 5.74) is 1.02. The predicted octanol–water partition coefficient (Wildman–Crippen LogP) is 1.59. The molecule has 0 aromatic heterocycles. The molecular weight excluding hydrogens is 301 g/mol. The third kappa shape index (κ3) is 3.34. The summed E-state index contributed by atoms with van der Waals surface area (Å²) in [5, 5.41) is 2.99. The van der Waals surface area contributed by atoms with Crippen LogP contribution in [0.3, 0.4) is 0 Å². The molecule has 0 aliphatic carbocycles. The van der Waals surface area contributed by atoms with Crippen molar-refractivity contribution in [2.75, 3.05) is 7.05 Å². The Labute approximate surface area is 93.4 Å². The minimum atomic E-state index is -1.89. The zero-order valence-corrected chi connectivity index (χ0v) is 10.1. The zero-order valence-electron chi connectivity index (χ0n) is 7.08. The van der Waals surface area contributed by atoms with Crippen molar-refractivity contribution < 1.29 is 8.76 Å². The number of rotatable bonds is 3. The van der Waals surface area contributed by atoms with E-state index < -0.39 is 11.1 Å². The largest absolute Gasteiger partial charge is 0.316 e. The van der Waals surface area contributed by atoms with Crippen molar-refractivity contribution in [3.63, 3.8) is 0 Å². The van der Waals surface area contributed by atoms with Gasteiger partial charge in [-0.05, 0) is 53.4 Å². The summed E-state index contributed by atoms with van der Waals surface area (Å²) in [5.74, 6) is 0. The summed E-state index contributed by atoms with van der Waals surface area (Å²) in [7, 11) is 1.84. The Balaban J connectivity index is 3.03. The Morgan fingerprint density at radius 3 is 2.77 bits per heavy atom. The van der Waals surface area contributed by atoms with Gasteiger partial charge in [0.1, 0.15) is 0 Å². The smallest absolute Gasteiger partial charge is 0.186 e. The second kappa shape index (κ2) is 5.04. The molecule has 0 fully saturated rings. The quantitative estimate of drug-likeness (QED) is 0.658. The third-order valence-electron chi connectivity index (χ3n) is 1.51. The average molecular weight is 311 g/mol. The third-order valence-corrected chi connectivity index (χ3v) is 2.78. The van der Waals surface area contributed by atoms with Crippen LogP contribution in [0.1, 0.15) is 5.56 Å². The van der Waals surface area contributed by atoms with E-state index in [-0.39, 0.29) is 0 Å². The predicted molar refractivity (Wildman–Crippen MR) is 61.0 cm³/mol. The van der Waals surface area contributed by atoms with Crippen molar-refractivity contribution in [2.45, 2.75) is 11.4 Å². The van der Waals surface area contributed by atoms with Crippen molar-refractivity contribution in [1.29, 1.82) is 0 Å². The fourth-order valence-corrected chi connectivity index (χ4v) is 2.45. The minimum absolute atomic E-state index is 0.456. The van der Waals surface area contributed by atoms with Gasteiger partial charge in [-0.15, -0.1) is 0 Å². The number of halogens is 1. The lowest BCUT2D eigenvalue weighted by molar-refractivity contribution is 0.564. The van der Waals surface area contributed by atoms with Gasteiger partial charge in [0.2, 0.25) is 0 Å². The van der Waals surface area contributed by atoms with E-state index in [0.717, 1.165) is 9.13 Å². The Hall–Kier alpha value is 0.0200. The molecule has 1 aromatic carbocycles. The Morgan fingerprint density at radius 2 is 2.23 bits per heavy atom. The molecule has 0 aliphatic rings. The molecular formula is C8H10INO2S. The Bertz CT molecular complexity index is 330. The van der Waals surface area contributed by atoms with Crippen molar-refractivity contribution in [2.24, 2.45) is 0 Å². The summed E-state index contributed by atoms with van der Waals surface area (Å²) in [6.45, 7) is 0.709. The lowest BCUT2D eigenvalue weighted by Crippen LogP contribution is -2.06. The molecule has 1 unspecified atom stereocenters. The summed E-state index contributed by atoms with van der Waals surface area (Å²) in [6.07, 6.45) is 0. The van der Waals surface area contributed by atoms with E-state index in [0.29, 0.717) is 11.4 Å². The molecule has 0 saturated heterocycles. The van der Waals surface area contributed by atoms with E-state index in [1.54, 1.807) is 12.1 Å². The van der Waals surface area contributed by atoms with Crippen molar-refractivity contribution in [3.05, 3.63) is 27.3 Å². The van der Waals surface area contributed by atoms with Crippen LogP contribution in [0.5, 0.6) is 0 Å². The van der Waals surface area contributed by atoms with Crippen LogP contribution in [0.4, 0.5) is 0 Å². The second-order valence-electron chi connectivity index (χ2n) is 2.57. The first kappa shape index (κ1) is 11.1. The van der Waals surface area contributed by atoms with E-state index in [2.05, 4.69) is 27.9 Å². The van der Waals surface area contributed by atoms with E-state index in [1.807, 2.05) is 13.1 Å². The van der Waals surface area contributed by atoms with Gasteiger partial charge in [0.05, 0.1) is 4.90 Å². The van der Waals surface area contributed by atoms with Crippen molar-refractivity contribution >= 4 is 33.7 Å². The number of hydrogen-bond donors (Lipinski definition) is 2. The van der Waals surface area contributed by atoms with Crippen LogP contribution in [0.25, 0.3) is 0 Å². The standard InChI is InChI=1S/C8H10INO2S/c1-10-5-6-2-7(9)4-8(3-6)13(11)12/h2-4,10H,5H2,1H3,(H,11,12). The van der Waals surface area contributed by atoms with Crippen LogP contribution >= 0.6 is 22.6 Å². The fraction of sp³-hybridized carbons (Fsp3) is 0.250. The van der Waals surface area contributed by atoms with Gasteiger partial charge in [0.15, 0.2) is 11.1 Å². The minimum Gasteiger partial charge on any atom is -0.316 e. The highest BCUT2D eigenvalue weighted by atomic mass is 127. The maximum atomic E-state index is 10.8. The van der Waals surface area contributed by atoms with Gasteiger partial charge in [-0.2, -0.15) is 0 Å². The van der Waals surface area contributed by atoms with Gasteiger partial charge in [0, 0.05) is 10.1 Å². The van der Waals surface area contributed by atoms with E-state index in [4.69, 9.17) is 4.55 Å². The molecule has 72 valence electrons. The fourth-order valence-electron chi connectivity index (χ4n) is 1.03. The molecule has 0 amide bonds. The molecule has 1 atom stereocenters. The van der Waals surface area contributed by atoms with Gasteiger partial charge >= 0.3 is 0 Å². The van der Waals surface area contributed by atoms with Gasteiger partial charge in [-0.3, -0.25) is 0 Å². The van der Waals surface area contributed by atoms with Gasteiger partial charge in [0.25, 0.3) is 0 Å². The molecule has 0 saturated carbocycles.